The monoisotopic (exact) mass is 313 g/mol. The molecule has 0 amide bonds. The van der Waals surface area contributed by atoms with Gasteiger partial charge in [0.1, 0.15) is 11.6 Å². The number of hydrogen-bond donors (Lipinski definition) is 1. The number of nitrogens with zero attached hydrogens (tertiary/aromatic N) is 2. The van der Waals surface area contributed by atoms with Gasteiger partial charge in [-0.25, -0.2) is 4.39 Å². The fourth-order valence-electron chi connectivity index (χ4n) is 2.14. The molecule has 3 aromatic rings. The molecule has 0 aliphatic rings. The molecule has 0 spiro atoms. The summed E-state index contributed by atoms with van der Waals surface area (Å²) in [6.45, 7) is 2.21. The molecule has 2 aromatic carbocycles. The fraction of sp³-hybridized carbons (Fsp3) is 0.176. The number of nitrogens with one attached hydrogen (secondary N) is 1. The molecule has 0 atom stereocenters. The molecule has 0 fully saturated rings. The fourth-order valence-corrected chi connectivity index (χ4v) is 2.14. The van der Waals surface area contributed by atoms with Crippen molar-refractivity contribution in [3.05, 3.63) is 59.4 Å². The molecule has 118 valence electrons. The summed E-state index contributed by atoms with van der Waals surface area (Å²) >= 11 is 0. The Bertz CT molecular complexity index is 800. The van der Waals surface area contributed by atoms with Gasteiger partial charge in [0.2, 0.25) is 5.89 Å². The third kappa shape index (κ3) is 3.48. The number of halogens is 1. The van der Waals surface area contributed by atoms with Crippen molar-refractivity contribution in [1.82, 2.24) is 10.2 Å². The van der Waals surface area contributed by atoms with E-state index in [9.17, 15) is 4.39 Å². The highest BCUT2D eigenvalue weighted by Crippen LogP contribution is 2.22. The van der Waals surface area contributed by atoms with Crippen molar-refractivity contribution in [1.29, 1.82) is 0 Å². The highest BCUT2D eigenvalue weighted by molar-refractivity contribution is 5.54. The Labute approximate surface area is 133 Å². The van der Waals surface area contributed by atoms with E-state index in [1.807, 2.05) is 24.3 Å². The minimum Gasteiger partial charge on any atom is -0.497 e. The Morgan fingerprint density at radius 3 is 2.61 bits per heavy atom. The van der Waals surface area contributed by atoms with Gasteiger partial charge in [-0.05, 0) is 48.4 Å². The molecule has 6 heteroatoms. The van der Waals surface area contributed by atoms with Crippen LogP contribution in [0.5, 0.6) is 5.75 Å². The van der Waals surface area contributed by atoms with Gasteiger partial charge in [-0.15, -0.1) is 5.10 Å². The number of rotatable bonds is 5. The van der Waals surface area contributed by atoms with Crippen LogP contribution in [0.1, 0.15) is 11.1 Å². The molecule has 3 rings (SSSR count). The van der Waals surface area contributed by atoms with Crippen molar-refractivity contribution < 1.29 is 13.5 Å². The van der Waals surface area contributed by atoms with E-state index in [1.54, 1.807) is 26.2 Å². The molecule has 0 aliphatic heterocycles. The number of methoxy groups -OCH3 is 1. The molecular formula is C17H16FN3O2. The van der Waals surface area contributed by atoms with Gasteiger partial charge in [-0.3, -0.25) is 0 Å². The molecule has 1 heterocycles. The van der Waals surface area contributed by atoms with Gasteiger partial charge in [-0.2, -0.15) is 0 Å². The second-order valence-corrected chi connectivity index (χ2v) is 5.08. The summed E-state index contributed by atoms with van der Waals surface area (Å²) in [6, 6.07) is 12.6. The maximum absolute atomic E-state index is 13.2. The summed E-state index contributed by atoms with van der Waals surface area (Å²) in [4.78, 5) is 0. The average Bonchev–Trinajstić information content (AvgIpc) is 3.05. The SMILES string of the molecule is COc1ccc(-c2nnc(NCc3ccc(F)c(C)c3)o2)cc1. The first-order valence-electron chi connectivity index (χ1n) is 7.12. The molecule has 0 aliphatic carbocycles. The lowest BCUT2D eigenvalue weighted by Crippen LogP contribution is -2.00. The Balaban J connectivity index is 1.67. The quantitative estimate of drug-likeness (QED) is 0.776. The highest BCUT2D eigenvalue weighted by Gasteiger charge is 2.08. The molecule has 0 bridgehead atoms. The van der Waals surface area contributed by atoms with Gasteiger partial charge in [0.25, 0.3) is 0 Å². The number of aryl methyl sites for hydroxylation is 1. The number of ether oxygens (including phenoxy) is 1. The van der Waals surface area contributed by atoms with Crippen molar-refractivity contribution in [3.8, 4) is 17.2 Å². The Kier molecular flexibility index (Phi) is 4.23. The normalized spacial score (nSPS) is 10.6. The van der Waals surface area contributed by atoms with E-state index < -0.39 is 0 Å². The topological polar surface area (TPSA) is 60.2 Å². The van der Waals surface area contributed by atoms with Crippen LogP contribution in [0.4, 0.5) is 10.4 Å². The minimum atomic E-state index is -0.215. The van der Waals surface area contributed by atoms with Crippen LogP contribution in [-0.2, 0) is 6.54 Å². The van der Waals surface area contributed by atoms with Crippen molar-refractivity contribution in [3.63, 3.8) is 0 Å². The van der Waals surface area contributed by atoms with Gasteiger partial charge in [0.15, 0.2) is 0 Å². The molecular weight excluding hydrogens is 297 g/mol. The number of anilines is 1. The summed E-state index contributed by atoms with van der Waals surface area (Å²) < 4.78 is 23.9. The smallest absolute Gasteiger partial charge is 0.316 e. The van der Waals surface area contributed by atoms with Crippen molar-refractivity contribution >= 4 is 6.01 Å². The Morgan fingerprint density at radius 2 is 1.91 bits per heavy atom. The van der Waals surface area contributed by atoms with Gasteiger partial charge in [-0.1, -0.05) is 17.2 Å². The average molecular weight is 313 g/mol. The zero-order valence-electron chi connectivity index (χ0n) is 12.8. The van der Waals surface area contributed by atoms with Crippen LogP contribution in [0.15, 0.2) is 46.9 Å². The van der Waals surface area contributed by atoms with Gasteiger partial charge < -0.3 is 14.5 Å². The van der Waals surface area contributed by atoms with Gasteiger partial charge in [0, 0.05) is 12.1 Å². The van der Waals surface area contributed by atoms with Crippen molar-refractivity contribution in [2.45, 2.75) is 13.5 Å². The van der Waals surface area contributed by atoms with Crippen molar-refractivity contribution in [2.75, 3.05) is 12.4 Å². The van der Waals surface area contributed by atoms with Crippen LogP contribution in [-0.4, -0.2) is 17.3 Å². The maximum atomic E-state index is 13.2. The first-order valence-corrected chi connectivity index (χ1v) is 7.12. The second kappa shape index (κ2) is 6.48. The van der Waals surface area contributed by atoms with E-state index in [-0.39, 0.29) is 5.82 Å². The summed E-state index contributed by atoms with van der Waals surface area (Å²) in [6.07, 6.45) is 0. The molecule has 5 nitrogen and oxygen atoms in total. The van der Waals surface area contributed by atoms with E-state index in [1.165, 1.54) is 6.07 Å². The molecule has 0 saturated heterocycles. The Hall–Kier alpha value is -2.89. The third-order valence-electron chi connectivity index (χ3n) is 3.43. The van der Waals surface area contributed by atoms with Crippen molar-refractivity contribution in [2.24, 2.45) is 0 Å². The molecule has 0 radical (unpaired) electrons. The minimum absolute atomic E-state index is 0.215. The van der Waals surface area contributed by atoms with Crippen LogP contribution < -0.4 is 10.1 Å². The predicted molar refractivity (Wildman–Crippen MR) is 84.7 cm³/mol. The van der Waals surface area contributed by atoms with E-state index in [0.29, 0.717) is 24.0 Å². The molecule has 1 N–H and O–H groups in total. The van der Waals surface area contributed by atoms with Gasteiger partial charge >= 0.3 is 6.01 Å². The van der Waals surface area contributed by atoms with E-state index in [2.05, 4.69) is 15.5 Å². The maximum Gasteiger partial charge on any atom is 0.316 e. The number of benzene rings is 2. The first-order chi connectivity index (χ1) is 11.2. The van der Waals surface area contributed by atoms with Crippen LogP contribution in [0.25, 0.3) is 11.5 Å². The zero-order valence-corrected chi connectivity index (χ0v) is 12.8. The standard InChI is InChI=1S/C17H16FN3O2/c1-11-9-12(3-8-15(11)18)10-19-17-21-20-16(23-17)13-4-6-14(22-2)7-5-13/h3-9H,10H2,1-2H3,(H,19,21). The van der Waals surface area contributed by atoms with Crippen LogP contribution in [0.2, 0.25) is 0 Å². The lowest BCUT2D eigenvalue weighted by Gasteiger charge is -2.03. The summed E-state index contributed by atoms with van der Waals surface area (Å²) in [5.41, 5.74) is 2.35. The van der Waals surface area contributed by atoms with Crippen LogP contribution in [0.3, 0.4) is 0 Å². The number of hydrogen-bond acceptors (Lipinski definition) is 5. The molecule has 0 unspecified atom stereocenters. The summed E-state index contributed by atoms with van der Waals surface area (Å²) in [5.74, 6) is 0.970. The predicted octanol–water partition coefficient (Wildman–Crippen LogP) is 3.80. The van der Waals surface area contributed by atoms with Crippen LogP contribution >= 0.6 is 0 Å². The number of aromatic nitrogens is 2. The summed E-state index contributed by atoms with van der Waals surface area (Å²) in [7, 11) is 1.61. The largest absolute Gasteiger partial charge is 0.497 e. The lowest BCUT2D eigenvalue weighted by atomic mass is 10.1. The van der Waals surface area contributed by atoms with Crippen LogP contribution in [0, 0.1) is 12.7 Å². The highest BCUT2D eigenvalue weighted by atomic mass is 19.1. The first kappa shape index (κ1) is 15.0. The molecule has 0 saturated carbocycles. The summed E-state index contributed by atoms with van der Waals surface area (Å²) in [5, 5.41) is 11.0. The van der Waals surface area contributed by atoms with E-state index in [4.69, 9.17) is 9.15 Å². The van der Waals surface area contributed by atoms with E-state index >= 15 is 0 Å². The molecule has 23 heavy (non-hydrogen) atoms. The lowest BCUT2D eigenvalue weighted by molar-refractivity contribution is 0.415. The second-order valence-electron chi connectivity index (χ2n) is 5.08. The van der Waals surface area contributed by atoms with E-state index in [0.717, 1.165) is 16.9 Å². The zero-order chi connectivity index (χ0) is 16.2. The Morgan fingerprint density at radius 1 is 1.13 bits per heavy atom. The third-order valence-corrected chi connectivity index (χ3v) is 3.43. The molecule has 1 aromatic heterocycles. The van der Waals surface area contributed by atoms with Gasteiger partial charge in [0.05, 0.1) is 7.11 Å².